The molecule has 5 heteroatoms. The quantitative estimate of drug-likeness (QED) is 0.775. The monoisotopic (exact) mass is 310 g/mol. The number of ether oxygens (including phenoxy) is 1. The zero-order valence-corrected chi connectivity index (χ0v) is 14.1. The van der Waals surface area contributed by atoms with Gasteiger partial charge in [-0.3, -0.25) is 5.32 Å². The molecule has 4 nitrogen and oxygen atoms in total. The molecule has 0 aromatic heterocycles. The fourth-order valence-electron chi connectivity index (χ4n) is 2.04. The number of rotatable bonds is 6. The number of anilines is 2. The minimum absolute atomic E-state index is 0.335. The normalized spacial score (nSPS) is 12.6. The molecule has 0 bridgehead atoms. The van der Waals surface area contributed by atoms with Crippen LogP contribution >= 0.6 is 0 Å². The maximum Gasteiger partial charge on any atom is 0.412 e. The van der Waals surface area contributed by atoms with Gasteiger partial charge in [0.15, 0.2) is 0 Å². The van der Waals surface area contributed by atoms with Gasteiger partial charge in [0.2, 0.25) is 0 Å². The number of benzene rings is 1. The Balaban J connectivity index is 2.67. The van der Waals surface area contributed by atoms with Crippen LogP contribution in [0.2, 0.25) is 0 Å². The lowest BCUT2D eigenvalue weighted by atomic mass is 10.1. The molecule has 124 valence electrons. The summed E-state index contributed by atoms with van der Waals surface area (Å²) in [6, 6.07) is 4.43. The third kappa shape index (κ3) is 6.78. The molecule has 1 rings (SSSR count). The van der Waals surface area contributed by atoms with Crippen molar-refractivity contribution in [3.63, 3.8) is 0 Å². The Morgan fingerprint density at radius 1 is 1.36 bits per heavy atom. The molecule has 0 heterocycles. The van der Waals surface area contributed by atoms with Crippen LogP contribution in [0.15, 0.2) is 18.2 Å². The standard InChI is InChI=1S/C17H27FN2O2/c1-6-7-12(2)11-19-15-10-13(8-9-14(15)18)20-16(21)22-17(3,4)5/h8-10,12,19H,6-7,11H2,1-5H3,(H,20,21). The summed E-state index contributed by atoms with van der Waals surface area (Å²) >= 11 is 0. The van der Waals surface area contributed by atoms with Crippen molar-refractivity contribution < 1.29 is 13.9 Å². The number of amides is 1. The van der Waals surface area contributed by atoms with E-state index < -0.39 is 11.7 Å². The van der Waals surface area contributed by atoms with Crippen molar-refractivity contribution in [2.45, 2.75) is 53.1 Å². The SMILES string of the molecule is CCCC(C)CNc1cc(NC(=O)OC(C)(C)C)ccc1F. The largest absolute Gasteiger partial charge is 0.444 e. The Morgan fingerprint density at radius 2 is 2.05 bits per heavy atom. The summed E-state index contributed by atoms with van der Waals surface area (Å²) in [5.41, 5.74) is 0.318. The summed E-state index contributed by atoms with van der Waals surface area (Å²) in [6.07, 6.45) is 1.64. The van der Waals surface area contributed by atoms with Crippen LogP contribution in [0.4, 0.5) is 20.6 Å². The van der Waals surface area contributed by atoms with E-state index in [0.29, 0.717) is 23.8 Å². The van der Waals surface area contributed by atoms with Crippen molar-refractivity contribution in [3.8, 4) is 0 Å². The number of carbonyl (C=O) groups is 1. The van der Waals surface area contributed by atoms with Gasteiger partial charge in [-0.1, -0.05) is 20.3 Å². The molecule has 22 heavy (non-hydrogen) atoms. The summed E-state index contributed by atoms with van der Waals surface area (Å²) < 4.78 is 19.0. The van der Waals surface area contributed by atoms with Crippen LogP contribution in [0.5, 0.6) is 0 Å². The maximum atomic E-state index is 13.8. The Kier molecular flexibility index (Phi) is 6.65. The van der Waals surface area contributed by atoms with Gasteiger partial charge in [0.1, 0.15) is 11.4 Å². The minimum atomic E-state index is -0.569. The van der Waals surface area contributed by atoms with Crippen molar-refractivity contribution in [1.82, 2.24) is 0 Å². The fraction of sp³-hybridized carbons (Fsp3) is 0.588. The molecule has 0 radical (unpaired) electrons. The van der Waals surface area contributed by atoms with E-state index in [1.807, 2.05) is 0 Å². The molecular formula is C17H27FN2O2. The van der Waals surface area contributed by atoms with Gasteiger partial charge in [0.25, 0.3) is 0 Å². The predicted molar refractivity (Wildman–Crippen MR) is 88.8 cm³/mol. The Hall–Kier alpha value is -1.78. The molecule has 0 fully saturated rings. The number of nitrogens with one attached hydrogen (secondary N) is 2. The highest BCUT2D eigenvalue weighted by molar-refractivity contribution is 5.85. The van der Waals surface area contributed by atoms with Crippen LogP contribution in [0.25, 0.3) is 0 Å². The molecule has 0 spiro atoms. The number of halogens is 1. The van der Waals surface area contributed by atoms with Gasteiger partial charge < -0.3 is 10.1 Å². The van der Waals surface area contributed by atoms with Crippen LogP contribution < -0.4 is 10.6 Å². The molecule has 0 aliphatic rings. The van der Waals surface area contributed by atoms with Crippen molar-refractivity contribution in [2.75, 3.05) is 17.2 Å². The summed E-state index contributed by atoms with van der Waals surface area (Å²) in [4.78, 5) is 11.7. The van der Waals surface area contributed by atoms with E-state index in [1.54, 1.807) is 26.8 Å². The van der Waals surface area contributed by atoms with Crippen LogP contribution in [-0.4, -0.2) is 18.2 Å². The zero-order valence-electron chi connectivity index (χ0n) is 14.1. The lowest BCUT2D eigenvalue weighted by Crippen LogP contribution is -2.27. The predicted octanol–water partition coefficient (Wildman–Crippen LogP) is 5.02. The van der Waals surface area contributed by atoms with Gasteiger partial charge in [0, 0.05) is 12.2 Å². The molecule has 1 atom stereocenters. The average Bonchev–Trinajstić information content (AvgIpc) is 2.37. The van der Waals surface area contributed by atoms with E-state index >= 15 is 0 Å². The van der Waals surface area contributed by atoms with E-state index in [9.17, 15) is 9.18 Å². The second-order valence-corrected chi connectivity index (χ2v) is 6.60. The number of carbonyl (C=O) groups excluding carboxylic acids is 1. The first-order valence-corrected chi connectivity index (χ1v) is 7.74. The lowest BCUT2D eigenvalue weighted by molar-refractivity contribution is 0.0636. The summed E-state index contributed by atoms with van der Waals surface area (Å²) in [5, 5.41) is 5.70. The van der Waals surface area contributed by atoms with Gasteiger partial charge in [-0.25, -0.2) is 9.18 Å². The van der Waals surface area contributed by atoms with E-state index in [-0.39, 0.29) is 5.82 Å². The summed E-state index contributed by atoms with van der Waals surface area (Å²) in [6.45, 7) is 10.3. The molecule has 1 amide bonds. The van der Waals surface area contributed by atoms with Crippen molar-refractivity contribution in [3.05, 3.63) is 24.0 Å². The number of hydrogen-bond donors (Lipinski definition) is 2. The van der Waals surface area contributed by atoms with Gasteiger partial charge in [-0.2, -0.15) is 0 Å². The van der Waals surface area contributed by atoms with Crippen molar-refractivity contribution in [1.29, 1.82) is 0 Å². The average molecular weight is 310 g/mol. The van der Waals surface area contributed by atoms with Gasteiger partial charge in [-0.05, 0) is 51.3 Å². The first-order chi connectivity index (χ1) is 10.2. The molecule has 0 saturated heterocycles. The highest BCUT2D eigenvalue weighted by atomic mass is 19.1. The first-order valence-electron chi connectivity index (χ1n) is 7.74. The molecule has 0 saturated carbocycles. The zero-order chi connectivity index (χ0) is 16.8. The Bertz CT molecular complexity index is 498. The second-order valence-electron chi connectivity index (χ2n) is 6.60. The van der Waals surface area contributed by atoms with Crippen molar-refractivity contribution in [2.24, 2.45) is 5.92 Å². The van der Waals surface area contributed by atoms with Gasteiger partial charge >= 0.3 is 6.09 Å². The van der Waals surface area contributed by atoms with Crippen LogP contribution in [-0.2, 0) is 4.74 Å². The minimum Gasteiger partial charge on any atom is -0.444 e. The van der Waals surface area contributed by atoms with Gasteiger partial charge in [-0.15, -0.1) is 0 Å². The molecule has 1 unspecified atom stereocenters. The third-order valence-electron chi connectivity index (χ3n) is 3.03. The third-order valence-corrected chi connectivity index (χ3v) is 3.03. The molecule has 0 aliphatic heterocycles. The maximum absolute atomic E-state index is 13.8. The van der Waals surface area contributed by atoms with Crippen LogP contribution in [0.3, 0.4) is 0 Å². The van der Waals surface area contributed by atoms with E-state index in [2.05, 4.69) is 24.5 Å². The van der Waals surface area contributed by atoms with Crippen molar-refractivity contribution >= 4 is 17.5 Å². The number of hydrogen-bond acceptors (Lipinski definition) is 3. The smallest absolute Gasteiger partial charge is 0.412 e. The second kappa shape index (κ2) is 8.01. The fourth-order valence-corrected chi connectivity index (χ4v) is 2.04. The Morgan fingerprint density at radius 3 is 2.64 bits per heavy atom. The highest BCUT2D eigenvalue weighted by Crippen LogP contribution is 2.21. The summed E-state index contributed by atoms with van der Waals surface area (Å²) in [7, 11) is 0. The molecule has 1 aromatic carbocycles. The van der Waals surface area contributed by atoms with E-state index in [0.717, 1.165) is 12.8 Å². The molecule has 0 aliphatic carbocycles. The van der Waals surface area contributed by atoms with Gasteiger partial charge in [0.05, 0.1) is 5.69 Å². The summed E-state index contributed by atoms with van der Waals surface area (Å²) in [5.74, 6) is 0.130. The van der Waals surface area contributed by atoms with Crippen LogP contribution in [0, 0.1) is 11.7 Å². The van der Waals surface area contributed by atoms with E-state index in [4.69, 9.17) is 4.74 Å². The highest BCUT2D eigenvalue weighted by Gasteiger charge is 2.16. The molecule has 1 aromatic rings. The van der Waals surface area contributed by atoms with Crippen LogP contribution in [0.1, 0.15) is 47.5 Å². The first kappa shape index (κ1) is 18.3. The molecular weight excluding hydrogens is 283 g/mol. The van der Waals surface area contributed by atoms with E-state index in [1.165, 1.54) is 12.1 Å². The lowest BCUT2D eigenvalue weighted by Gasteiger charge is -2.20. The molecule has 2 N–H and O–H groups in total. The topological polar surface area (TPSA) is 50.4 Å². The Labute approximate surface area is 132 Å².